The van der Waals surface area contributed by atoms with Gasteiger partial charge in [-0.3, -0.25) is 20.0 Å². The molecule has 8 heteroatoms. The number of nitrogens with zero attached hydrogens (tertiary/aromatic N) is 2. The highest BCUT2D eigenvalue weighted by Crippen LogP contribution is 2.33. The predicted molar refractivity (Wildman–Crippen MR) is 86.2 cm³/mol. The highest BCUT2D eigenvalue weighted by Gasteiger charge is 2.25. The van der Waals surface area contributed by atoms with Gasteiger partial charge >= 0.3 is 5.69 Å². The number of amides is 1. The Morgan fingerprint density at radius 1 is 1.54 bits per heavy atom. The number of hydrogen-bond acceptors (Lipinski definition) is 5. The van der Waals surface area contributed by atoms with Crippen LogP contribution in [0.5, 0.6) is 5.75 Å². The third-order valence-electron chi connectivity index (χ3n) is 4.34. The van der Waals surface area contributed by atoms with Crippen molar-refractivity contribution in [3.05, 3.63) is 51.3 Å². The van der Waals surface area contributed by atoms with Crippen molar-refractivity contribution in [3.8, 4) is 5.75 Å². The van der Waals surface area contributed by atoms with Gasteiger partial charge in [0.2, 0.25) is 5.69 Å². The molecule has 1 atom stereocenters. The van der Waals surface area contributed by atoms with Crippen molar-refractivity contribution < 1.29 is 14.5 Å². The molecule has 0 saturated carbocycles. The van der Waals surface area contributed by atoms with Crippen LogP contribution in [0, 0.1) is 10.1 Å². The second-order valence-corrected chi connectivity index (χ2v) is 5.75. The van der Waals surface area contributed by atoms with Crippen LogP contribution in [0.3, 0.4) is 0 Å². The lowest BCUT2D eigenvalue weighted by Gasteiger charge is -2.26. The molecule has 3 rings (SSSR count). The van der Waals surface area contributed by atoms with Crippen molar-refractivity contribution in [3.63, 3.8) is 0 Å². The summed E-state index contributed by atoms with van der Waals surface area (Å²) in [6, 6.07) is 5.98. The first-order chi connectivity index (χ1) is 11.6. The van der Waals surface area contributed by atoms with Crippen LogP contribution >= 0.6 is 0 Å². The summed E-state index contributed by atoms with van der Waals surface area (Å²) in [7, 11) is 1.64. The molecule has 1 aromatic carbocycles. The molecule has 1 amide bonds. The zero-order valence-corrected chi connectivity index (χ0v) is 13.2. The minimum absolute atomic E-state index is 0.120. The summed E-state index contributed by atoms with van der Waals surface area (Å²) >= 11 is 0. The van der Waals surface area contributed by atoms with Gasteiger partial charge in [-0.05, 0) is 42.5 Å². The number of aryl methyl sites for hydroxylation is 1. The van der Waals surface area contributed by atoms with Crippen LogP contribution < -0.4 is 10.1 Å². The quantitative estimate of drug-likeness (QED) is 0.645. The Balaban J connectivity index is 1.71. The Bertz CT molecular complexity index is 771. The van der Waals surface area contributed by atoms with Gasteiger partial charge in [0.25, 0.3) is 5.91 Å². The van der Waals surface area contributed by atoms with Crippen LogP contribution in [0.4, 0.5) is 5.69 Å². The number of rotatable bonds is 5. The van der Waals surface area contributed by atoms with Crippen LogP contribution in [0.2, 0.25) is 0 Å². The Hall–Kier alpha value is -2.90. The molecule has 0 unspecified atom stereocenters. The maximum atomic E-state index is 12.2. The monoisotopic (exact) mass is 330 g/mol. The Labute approximate surface area is 138 Å². The molecular formula is C16H18N4O4. The number of methoxy groups -OCH3 is 1. The standard InChI is InChI=1S/C16H18N4O4/c1-24-12-5-6-13-10(7-12)3-2-4-11(13)8-17-16(21)15-14(20(22)23)9-18-19-15/h5-7,9,11H,2-4,8H2,1H3,(H,17,21)(H,18,19)/t11-/m1/s1. The lowest BCUT2D eigenvalue weighted by Crippen LogP contribution is -2.30. The van der Waals surface area contributed by atoms with E-state index in [1.807, 2.05) is 18.2 Å². The molecule has 1 aliphatic rings. The van der Waals surface area contributed by atoms with Gasteiger partial charge in [-0.1, -0.05) is 6.07 Å². The van der Waals surface area contributed by atoms with E-state index in [0.29, 0.717) is 6.54 Å². The summed E-state index contributed by atoms with van der Waals surface area (Å²) in [4.78, 5) is 22.4. The van der Waals surface area contributed by atoms with Crippen molar-refractivity contribution in [1.82, 2.24) is 15.5 Å². The second-order valence-electron chi connectivity index (χ2n) is 5.75. The molecule has 0 radical (unpaired) electrons. The maximum Gasteiger partial charge on any atom is 0.319 e. The summed E-state index contributed by atoms with van der Waals surface area (Å²) in [6.45, 7) is 0.425. The van der Waals surface area contributed by atoms with E-state index in [-0.39, 0.29) is 17.3 Å². The SMILES string of the molecule is COc1ccc2c(c1)CCC[C@@H]2CNC(=O)c1[nH]ncc1[N+](=O)[O-]. The first kappa shape index (κ1) is 16.0. The Morgan fingerprint density at radius 3 is 3.12 bits per heavy atom. The van der Waals surface area contributed by atoms with E-state index in [0.717, 1.165) is 31.2 Å². The number of hydrogen-bond donors (Lipinski definition) is 2. The van der Waals surface area contributed by atoms with Gasteiger partial charge in [0, 0.05) is 12.5 Å². The van der Waals surface area contributed by atoms with Crippen LogP contribution in [-0.2, 0) is 6.42 Å². The molecule has 0 fully saturated rings. The van der Waals surface area contributed by atoms with Crippen molar-refractivity contribution in [2.75, 3.05) is 13.7 Å². The summed E-state index contributed by atoms with van der Waals surface area (Å²) in [5.41, 5.74) is 1.99. The molecule has 24 heavy (non-hydrogen) atoms. The average Bonchev–Trinajstić information content (AvgIpc) is 3.09. The zero-order chi connectivity index (χ0) is 17.1. The van der Waals surface area contributed by atoms with Gasteiger partial charge in [0.05, 0.1) is 12.0 Å². The second kappa shape index (κ2) is 6.69. The Kier molecular flexibility index (Phi) is 4.45. The average molecular weight is 330 g/mol. The third kappa shape index (κ3) is 3.08. The van der Waals surface area contributed by atoms with E-state index in [2.05, 4.69) is 15.5 Å². The molecule has 1 aliphatic carbocycles. The summed E-state index contributed by atoms with van der Waals surface area (Å²) in [5.74, 6) is 0.497. The number of carbonyl (C=O) groups is 1. The van der Waals surface area contributed by atoms with E-state index < -0.39 is 10.8 Å². The predicted octanol–water partition coefficient (Wildman–Crippen LogP) is 2.18. The molecule has 0 aliphatic heterocycles. The van der Waals surface area contributed by atoms with Crippen molar-refractivity contribution in [1.29, 1.82) is 0 Å². The summed E-state index contributed by atoms with van der Waals surface area (Å²) < 4.78 is 5.25. The number of nitro groups is 1. The summed E-state index contributed by atoms with van der Waals surface area (Å²) in [6.07, 6.45) is 4.02. The number of H-pyrrole nitrogens is 1. The lowest BCUT2D eigenvalue weighted by atomic mass is 9.82. The number of fused-ring (bicyclic) bond motifs is 1. The Morgan fingerprint density at radius 2 is 2.38 bits per heavy atom. The van der Waals surface area contributed by atoms with Crippen LogP contribution in [0.1, 0.15) is 40.4 Å². The third-order valence-corrected chi connectivity index (χ3v) is 4.34. The van der Waals surface area contributed by atoms with Crippen LogP contribution in [0.25, 0.3) is 0 Å². The normalized spacial score (nSPS) is 16.3. The molecule has 8 nitrogen and oxygen atoms in total. The van der Waals surface area contributed by atoms with Crippen LogP contribution in [-0.4, -0.2) is 34.7 Å². The van der Waals surface area contributed by atoms with E-state index in [9.17, 15) is 14.9 Å². The molecular weight excluding hydrogens is 312 g/mol. The fourth-order valence-corrected chi connectivity index (χ4v) is 3.12. The van der Waals surface area contributed by atoms with Gasteiger partial charge in [-0.15, -0.1) is 0 Å². The number of aromatic nitrogens is 2. The molecule has 0 bridgehead atoms. The maximum absolute atomic E-state index is 12.2. The minimum atomic E-state index is -0.624. The number of aromatic amines is 1. The molecule has 0 saturated heterocycles. The van der Waals surface area contributed by atoms with Crippen molar-refractivity contribution >= 4 is 11.6 Å². The lowest BCUT2D eigenvalue weighted by molar-refractivity contribution is -0.385. The smallest absolute Gasteiger partial charge is 0.319 e. The molecule has 2 aromatic rings. The highest BCUT2D eigenvalue weighted by atomic mass is 16.6. The van der Waals surface area contributed by atoms with Gasteiger partial charge in [-0.25, -0.2) is 0 Å². The number of ether oxygens (including phenoxy) is 1. The van der Waals surface area contributed by atoms with E-state index in [1.165, 1.54) is 11.1 Å². The number of nitrogens with one attached hydrogen (secondary N) is 2. The van der Waals surface area contributed by atoms with Gasteiger partial charge in [0.1, 0.15) is 11.9 Å². The van der Waals surface area contributed by atoms with Crippen LogP contribution in [0.15, 0.2) is 24.4 Å². The first-order valence-electron chi connectivity index (χ1n) is 7.73. The molecule has 1 heterocycles. The fraction of sp³-hybridized carbons (Fsp3) is 0.375. The van der Waals surface area contributed by atoms with E-state index in [1.54, 1.807) is 7.11 Å². The van der Waals surface area contributed by atoms with Gasteiger partial charge < -0.3 is 10.1 Å². The number of benzene rings is 1. The highest BCUT2D eigenvalue weighted by molar-refractivity contribution is 5.96. The molecule has 1 aromatic heterocycles. The zero-order valence-electron chi connectivity index (χ0n) is 13.2. The topological polar surface area (TPSA) is 110 Å². The molecule has 0 spiro atoms. The van der Waals surface area contributed by atoms with Gasteiger partial charge in [-0.2, -0.15) is 5.10 Å². The first-order valence-corrected chi connectivity index (χ1v) is 7.73. The van der Waals surface area contributed by atoms with Crippen molar-refractivity contribution in [2.24, 2.45) is 0 Å². The molecule has 126 valence electrons. The fourth-order valence-electron chi connectivity index (χ4n) is 3.12. The van der Waals surface area contributed by atoms with Crippen molar-refractivity contribution in [2.45, 2.75) is 25.2 Å². The van der Waals surface area contributed by atoms with Gasteiger partial charge in [0.15, 0.2) is 0 Å². The number of carbonyl (C=O) groups excluding carboxylic acids is 1. The van der Waals surface area contributed by atoms with E-state index in [4.69, 9.17) is 4.74 Å². The summed E-state index contributed by atoms with van der Waals surface area (Å²) in [5, 5.41) is 19.6. The molecule has 2 N–H and O–H groups in total. The van der Waals surface area contributed by atoms with E-state index >= 15 is 0 Å². The minimum Gasteiger partial charge on any atom is -0.497 e. The largest absolute Gasteiger partial charge is 0.497 e.